The summed E-state index contributed by atoms with van der Waals surface area (Å²) < 4.78 is 0. The molecule has 0 atom stereocenters. The maximum absolute atomic E-state index is 12.3. The summed E-state index contributed by atoms with van der Waals surface area (Å²) in [7, 11) is 0. The maximum Gasteiger partial charge on any atom is 0.222 e. The predicted octanol–water partition coefficient (Wildman–Crippen LogP) is 2.92. The lowest BCUT2D eigenvalue weighted by molar-refractivity contribution is -0.131. The van der Waals surface area contributed by atoms with Gasteiger partial charge in [-0.3, -0.25) is 4.79 Å². The van der Waals surface area contributed by atoms with Crippen LogP contribution in [0.25, 0.3) is 0 Å². The number of thiophene rings is 1. The van der Waals surface area contributed by atoms with E-state index in [0.717, 1.165) is 51.4 Å². The molecule has 4 heteroatoms. The topological polar surface area (TPSA) is 32.3 Å². The van der Waals surface area contributed by atoms with E-state index in [0.29, 0.717) is 5.91 Å². The first kappa shape index (κ1) is 15.5. The average Bonchev–Trinajstić information content (AvgIpc) is 3.00. The summed E-state index contributed by atoms with van der Waals surface area (Å²) in [5, 5.41) is 5.48. The number of hydrogen-bond acceptors (Lipinski definition) is 3. The number of nitrogens with zero attached hydrogens (tertiary/aromatic N) is 1. The number of nitrogens with one attached hydrogen (secondary N) is 1. The van der Waals surface area contributed by atoms with Crippen molar-refractivity contribution < 1.29 is 4.79 Å². The van der Waals surface area contributed by atoms with Gasteiger partial charge in [-0.15, -0.1) is 11.3 Å². The summed E-state index contributed by atoms with van der Waals surface area (Å²) >= 11 is 1.78. The van der Waals surface area contributed by atoms with Gasteiger partial charge in [0.05, 0.1) is 0 Å². The smallest absolute Gasteiger partial charge is 0.222 e. The van der Waals surface area contributed by atoms with Crippen LogP contribution in [0.2, 0.25) is 0 Å². The van der Waals surface area contributed by atoms with E-state index in [-0.39, 0.29) is 0 Å². The number of amides is 1. The minimum atomic E-state index is 0.336. The Labute approximate surface area is 126 Å². The predicted molar refractivity (Wildman–Crippen MR) is 85.1 cm³/mol. The van der Waals surface area contributed by atoms with E-state index in [4.69, 9.17) is 0 Å². The number of carbonyl (C=O) groups excluding carboxylic acids is 1. The quantitative estimate of drug-likeness (QED) is 0.838. The highest BCUT2D eigenvalue weighted by atomic mass is 32.1. The molecule has 1 N–H and O–H groups in total. The van der Waals surface area contributed by atoms with Gasteiger partial charge < -0.3 is 10.2 Å². The van der Waals surface area contributed by atoms with E-state index in [9.17, 15) is 4.79 Å². The van der Waals surface area contributed by atoms with E-state index in [1.807, 2.05) is 4.90 Å². The molecule has 0 aromatic carbocycles. The fourth-order valence-corrected chi connectivity index (χ4v) is 3.51. The average molecular weight is 294 g/mol. The molecular weight excluding hydrogens is 268 g/mol. The number of carbonyl (C=O) groups is 1. The van der Waals surface area contributed by atoms with Crippen LogP contribution in [0.3, 0.4) is 0 Å². The SMILES string of the molecule is CCN(CCc1cccs1)C(=O)CCC1CCNCC1. The third-order valence-corrected chi connectivity index (χ3v) is 5.10. The van der Waals surface area contributed by atoms with Crippen molar-refractivity contribution >= 4 is 17.2 Å². The Morgan fingerprint density at radius 3 is 2.90 bits per heavy atom. The van der Waals surface area contributed by atoms with Gasteiger partial charge in [-0.1, -0.05) is 6.07 Å². The van der Waals surface area contributed by atoms with Gasteiger partial charge in [0.25, 0.3) is 0 Å². The Hall–Kier alpha value is -0.870. The molecule has 3 nitrogen and oxygen atoms in total. The van der Waals surface area contributed by atoms with Crippen LogP contribution in [-0.4, -0.2) is 37.0 Å². The second-order valence-electron chi connectivity index (χ2n) is 5.53. The second kappa shape index (κ2) is 8.42. The lowest BCUT2D eigenvalue weighted by atomic mass is 9.93. The van der Waals surface area contributed by atoms with Gasteiger partial charge >= 0.3 is 0 Å². The van der Waals surface area contributed by atoms with Crippen molar-refractivity contribution in [2.75, 3.05) is 26.2 Å². The van der Waals surface area contributed by atoms with Crippen LogP contribution in [0.4, 0.5) is 0 Å². The van der Waals surface area contributed by atoms with Crippen molar-refractivity contribution in [2.24, 2.45) is 5.92 Å². The number of likely N-dealkylation sites (N-methyl/N-ethyl adjacent to an activating group) is 1. The van der Waals surface area contributed by atoms with Gasteiger partial charge in [-0.05, 0) is 63.1 Å². The Morgan fingerprint density at radius 2 is 2.25 bits per heavy atom. The highest BCUT2D eigenvalue weighted by molar-refractivity contribution is 7.09. The maximum atomic E-state index is 12.3. The first-order chi connectivity index (χ1) is 9.79. The Bertz CT molecular complexity index is 385. The fraction of sp³-hybridized carbons (Fsp3) is 0.688. The van der Waals surface area contributed by atoms with Gasteiger partial charge in [-0.2, -0.15) is 0 Å². The summed E-state index contributed by atoms with van der Waals surface area (Å²) in [6.45, 7) is 6.01. The molecule has 1 fully saturated rings. The zero-order chi connectivity index (χ0) is 14.2. The van der Waals surface area contributed by atoms with Crippen molar-refractivity contribution in [3.63, 3.8) is 0 Å². The molecule has 112 valence electrons. The lowest BCUT2D eigenvalue weighted by Gasteiger charge is -2.25. The first-order valence-electron chi connectivity index (χ1n) is 7.80. The number of rotatable bonds is 7. The van der Waals surface area contributed by atoms with E-state index < -0.39 is 0 Å². The Kier molecular flexibility index (Phi) is 6.54. The van der Waals surface area contributed by atoms with Gasteiger partial charge in [0.1, 0.15) is 0 Å². The van der Waals surface area contributed by atoms with Crippen LogP contribution < -0.4 is 5.32 Å². The van der Waals surface area contributed by atoms with Crippen LogP contribution in [0.5, 0.6) is 0 Å². The summed E-state index contributed by atoms with van der Waals surface area (Å²) in [4.78, 5) is 15.7. The number of piperidine rings is 1. The lowest BCUT2D eigenvalue weighted by Crippen LogP contribution is -2.33. The highest BCUT2D eigenvalue weighted by Gasteiger charge is 2.17. The normalized spacial score (nSPS) is 16.2. The highest BCUT2D eigenvalue weighted by Crippen LogP contribution is 2.18. The van der Waals surface area contributed by atoms with Crippen LogP contribution in [-0.2, 0) is 11.2 Å². The molecule has 0 spiro atoms. The molecule has 2 heterocycles. The standard InChI is InChI=1S/C16H26N2OS/c1-2-18(12-9-15-4-3-13-20-15)16(19)6-5-14-7-10-17-11-8-14/h3-4,13-14,17H,2,5-12H2,1H3. The minimum Gasteiger partial charge on any atom is -0.343 e. The third kappa shape index (κ3) is 4.91. The van der Waals surface area contributed by atoms with Gasteiger partial charge in [0, 0.05) is 24.4 Å². The van der Waals surface area contributed by atoms with Gasteiger partial charge in [0.15, 0.2) is 0 Å². The third-order valence-electron chi connectivity index (χ3n) is 4.17. The van der Waals surface area contributed by atoms with E-state index >= 15 is 0 Å². The zero-order valence-electron chi connectivity index (χ0n) is 12.4. The number of hydrogen-bond donors (Lipinski definition) is 1. The molecule has 0 aliphatic carbocycles. The van der Waals surface area contributed by atoms with E-state index in [1.165, 1.54) is 17.7 Å². The molecule has 2 rings (SSSR count). The van der Waals surface area contributed by atoms with Crippen LogP contribution >= 0.6 is 11.3 Å². The van der Waals surface area contributed by atoms with E-state index in [2.05, 4.69) is 29.8 Å². The Balaban J connectivity index is 1.70. The van der Waals surface area contributed by atoms with E-state index in [1.54, 1.807) is 11.3 Å². The van der Waals surface area contributed by atoms with Crippen molar-refractivity contribution in [1.82, 2.24) is 10.2 Å². The largest absolute Gasteiger partial charge is 0.343 e. The monoisotopic (exact) mass is 294 g/mol. The van der Waals surface area contributed by atoms with Crippen molar-refractivity contribution in [2.45, 2.75) is 39.0 Å². The van der Waals surface area contributed by atoms with Crippen LogP contribution in [0, 0.1) is 5.92 Å². The molecule has 1 amide bonds. The molecule has 0 bridgehead atoms. The molecule has 1 aliphatic heterocycles. The van der Waals surface area contributed by atoms with Crippen molar-refractivity contribution in [3.8, 4) is 0 Å². The molecule has 0 radical (unpaired) electrons. The van der Waals surface area contributed by atoms with Crippen molar-refractivity contribution in [3.05, 3.63) is 22.4 Å². The molecule has 1 aliphatic rings. The molecular formula is C16H26N2OS. The molecule has 1 aromatic heterocycles. The summed E-state index contributed by atoms with van der Waals surface area (Å²) in [5.41, 5.74) is 0. The van der Waals surface area contributed by atoms with Crippen molar-refractivity contribution in [1.29, 1.82) is 0 Å². The Morgan fingerprint density at radius 1 is 1.45 bits per heavy atom. The fourth-order valence-electron chi connectivity index (χ4n) is 2.82. The zero-order valence-corrected chi connectivity index (χ0v) is 13.3. The van der Waals surface area contributed by atoms with Crippen LogP contribution in [0.15, 0.2) is 17.5 Å². The van der Waals surface area contributed by atoms with Gasteiger partial charge in [-0.25, -0.2) is 0 Å². The van der Waals surface area contributed by atoms with Gasteiger partial charge in [0.2, 0.25) is 5.91 Å². The molecule has 1 aromatic rings. The first-order valence-corrected chi connectivity index (χ1v) is 8.68. The molecule has 20 heavy (non-hydrogen) atoms. The second-order valence-corrected chi connectivity index (χ2v) is 6.57. The summed E-state index contributed by atoms with van der Waals surface area (Å²) in [6, 6.07) is 4.23. The molecule has 1 saturated heterocycles. The van der Waals surface area contributed by atoms with Crippen LogP contribution in [0.1, 0.15) is 37.5 Å². The molecule has 0 unspecified atom stereocenters. The minimum absolute atomic E-state index is 0.336. The molecule has 0 saturated carbocycles. The summed E-state index contributed by atoms with van der Waals surface area (Å²) in [5.74, 6) is 1.08. The summed E-state index contributed by atoms with van der Waals surface area (Å²) in [6.07, 6.45) is 5.24.